The molecule has 0 aromatic rings. The number of hydrogen-bond acceptors (Lipinski definition) is 2. The van der Waals surface area contributed by atoms with Crippen LogP contribution in [0.15, 0.2) is 12.7 Å². The summed E-state index contributed by atoms with van der Waals surface area (Å²) in [5.41, 5.74) is 0. The van der Waals surface area contributed by atoms with Crippen LogP contribution in [0.4, 0.5) is 4.79 Å². The van der Waals surface area contributed by atoms with E-state index in [2.05, 4.69) is 6.58 Å². The third-order valence-electron chi connectivity index (χ3n) is 2.62. The Kier molecular flexibility index (Phi) is 3.34. The van der Waals surface area contributed by atoms with E-state index in [4.69, 9.17) is 5.11 Å². The van der Waals surface area contributed by atoms with Crippen molar-refractivity contribution in [3.8, 4) is 0 Å². The Morgan fingerprint density at radius 2 is 1.80 bits per heavy atom. The summed E-state index contributed by atoms with van der Waals surface area (Å²) in [4.78, 5) is 25.3. The topological polar surface area (TPSA) is 60.9 Å². The standard InChI is InChI=1S/C10H16N2O3/c1-4-9(13)12-7(2)5-11(10(14)15)6-8(12)3/h4,7-8H,1,5-6H2,2-3H3,(H,14,15). The molecular weight excluding hydrogens is 196 g/mol. The Morgan fingerprint density at radius 3 is 2.13 bits per heavy atom. The molecule has 2 amide bonds. The van der Waals surface area contributed by atoms with Crippen LogP contribution in [0.1, 0.15) is 13.8 Å². The monoisotopic (exact) mass is 212 g/mol. The second kappa shape index (κ2) is 4.33. The molecule has 0 radical (unpaired) electrons. The second-order valence-corrected chi connectivity index (χ2v) is 3.84. The maximum atomic E-state index is 11.5. The van der Waals surface area contributed by atoms with Crippen molar-refractivity contribution in [1.82, 2.24) is 9.80 Å². The molecule has 84 valence electrons. The lowest BCUT2D eigenvalue weighted by molar-refractivity contribution is -0.133. The van der Waals surface area contributed by atoms with Gasteiger partial charge in [-0.3, -0.25) is 4.79 Å². The average molecular weight is 212 g/mol. The molecule has 0 aromatic heterocycles. The first kappa shape index (κ1) is 11.6. The molecule has 1 N–H and O–H groups in total. The van der Waals surface area contributed by atoms with Crippen molar-refractivity contribution in [2.24, 2.45) is 0 Å². The maximum Gasteiger partial charge on any atom is 0.407 e. The molecule has 1 heterocycles. The minimum Gasteiger partial charge on any atom is -0.465 e. The maximum absolute atomic E-state index is 11.5. The molecule has 1 rings (SSSR count). The van der Waals surface area contributed by atoms with Crippen LogP contribution in [0.5, 0.6) is 0 Å². The number of carbonyl (C=O) groups is 2. The smallest absolute Gasteiger partial charge is 0.407 e. The number of amides is 2. The Balaban J connectivity index is 2.76. The molecule has 1 aliphatic heterocycles. The van der Waals surface area contributed by atoms with Gasteiger partial charge in [-0.15, -0.1) is 0 Å². The van der Waals surface area contributed by atoms with Crippen LogP contribution in [0, 0.1) is 0 Å². The Labute approximate surface area is 89.0 Å². The summed E-state index contributed by atoms with van der Waals surface area (Å²) >= 11 is 0. The largest absolute Gasteiger partial charge is 0.465 e. The molecular formula is C10H16N2O3. The molecule has 0 aromatic carbocycles. The van der Waals surface area contributed by atoms with E-state index in [9.17, 15) is 9.59 Å². The van der Waals surface area contributed by atoms with Crippen molar-refractivity contribution < 1.29 is 14.7 Å². The van der Waals surface area contributed by atoms with Gasteiger partial charge in [0.2, 0.25) is 5.91 Å². The summed E-state index contributed by atoms with van der Waals surface area (Å²) < 4.78 is 0. The predicted octanol–water partition coefficient (Wildman–Crippen LogP) is 0.772. The van der Waals surface area contributed by atoms with Gasteiger partial charge in [0.05, 0.1) is 0 Å². The highest BCUT2D eigenvalue weighted by Gasteiger charge is 2.33. The van der Waals surface area contributed by atoms with Crippen LogP contribution in [0.25, 0.3) is 0 Å². The fraction of sp³-hybridized carbons (Fsp3) is 0.600. The van der Waals surface area contributed by atoms with E-state index in [1.165, 1.54) is 11.0 Å². The first-order valence-corrected chi connectivity index (χ1v) is 4.90. The summed E-state index contributed by atoms with van der Waals surface area (Å²) in [5, 5.41) is 8.86. The van der Waals surface area contributed by atoms with Gasteiger partial charge in [-0.05, 0) is 19.9 Å². The molecule has 1 aliphatic rings. The lowest BCUT2D eigenvalue weighted by Gasteiger charge is -2.42. The molecule has 15 heavy (non-hydrogen) atoms. The van der Waals surface area contributed by atoms with E-state index in [1.807, 2.05) is 13.8 Å². The van der Waals surface area contributed by atoms with Crippen LogP contribution >= 0.6 is 0 Å². The van der Waals surface area contributed by atoms with E-state index in [0.717, 1.165) is 0 Å². The molecule has 5 heteroatoms. The highest BCUT2D eigenvalue weighted by molar-refractivity contribution is 5.87. The second-order valence-electron chi connectivity index (χ2n) is 3.84. The van der Waals surface area contributed by atoms with E-state index in [0.29, 0.717) is 13.1 Å². The number of rotatable bonds is 1. The van der Waals surface area contributed by atoms with Crippen molar-refractivity contribution in [2.75, 3.05) is 13.1 Å². The summed E-state index contributed by atoms with van der Waals surface area (Å²) in [7, 11) is 0. The Morgan fingerprint density at radius 1 is 1.33 bits per heavy atom. The summed E-state index contributed by atoms with van der Waals surface area (Å²) in [6.45, 7) is 7.84. The fourth-order valence-corrected chi connectivity index (χ4v) is 2.02. The van der Waals surface area contributed by atoms with E-state index < -0.39 is 6.09 Å². The number of nitrogens with zero attached hydrogens (tertiary/aromatic N) is 2. The van der Waals surface area contributed by atoms with Crippen molar-refractivity contribution >= 4 is 12.0 Å². The van der Waals surface area contributed by atoms with E-state index in [-0.39, 0.29) is 18.0 Å². The fourth-order valence-electron chi connectivity index (χ4n) is 2.02. The lowest BCUT2D eigenvalue weighted by Crippen LogP contribution is -2.59. The van der Waals surface area contributed by atoms with Gasteiger partial charge >= 0.3 is 6.09 Å². The number of piperazine rings is 1. The number of hydrogen-bond donors (Lipinski definition) is 1. The molecule has 2 unspecified atom stereocenters. The van der Waals surface area contributed by atoms with Gasteiger partial charge in [-0.2, -0.15) is 0 Å². The van der Waals surface area contributed by atoms with Crippen LogP contribution in [-0.4, -0.2) is 52.1 Å². The molecule has 0 saturated carbocycles. The molecule has 0 aliphatic carbocycles. The minimum atomic E-state index is -0.931. The molecule has 2 atom stereocenters. The van der Waals surface area contributed by atoms with Gasteiger partial charge in [0.1, 0.15) is 0 Å². The molecule has 0 spiro atoms. The first-order valence-electron chi connectivity index (χ1n) is 4.90. The van der Waals surface area contributed by atoms with Crippen LogP contribution < -0.4 is 0 Å². The lowest BCUT2D eigenvalue weighted by atomic mass is 10.1. The zero-order valence-corrected chi connectivity index (χ0v) is 9.01. The van der Waals surface area contributed by atoms with Gasteiger partial charge < -0.3 is 14.9 Å². The molecule has 1 fully saturated rings. The van der Waals surface area contributed by atoms with Crippen LogP contribution in [-0.2, 0) is 4.79 Å². The van der Waals surface area contributed by atoms with Gasteiger partial charge in [0, 0.05) is 25.2 Å². The summed E-state index contributed by atoms with van der Waals surface area (Å²) in [6.07, 6.45) is 0.336. The van der Waals surface area contributed by atoms with Crippen molar-refractivity contribution in [3.05, 3.63) is 12.7 Å². The molecule has 5 nitrogen and oxygen atoms in total. The predicted molar refractivity (Wildman–Crippen MR) is 55.6 cm³/mol. The Hall–Kier alpha value is -1.52. The quantitative estimate of drug-likeness (QED) is 0.653. The normalized spacial score (nSPS) is 26.3. The third kappa shape index (κ3) is 2.29. The third-order valence-corrected chi connectivity index (χ3v) is 2.62. The summed E-state index contributed by atoms with van der Waals surface area (Å²) in [5.74, 6) is -0.139. The van der Waals surface area contributed by atoms with Crippen molar-refractivity contribution in [3.63, 3.8) is 0 Å². The number of carbonyl (C=O) groups excluding carboxylic acids is 1. The SMILES string of the molecule is C=CC(=O)N1C(C)CN(C(=O)O)CC1C. The van der Waals surface area contributed by atoms with Gasteiger partial charge in [0.25, 0.3) is 0 Å². The van der Waals surface area contributed by atoms with E-state index >= 15 is 0 Å². The first-order chi connectivity index (χ1) is 6.97. The van der Waals surface area contributed by atoms with Crippen LogP contribution in [0.2, 0.25) is 0 Å². The van der Waals surface area contributed by atoms with Gasteiger partial charge in [-0.1, -0.05) is 6.58 Å². The minimum absolute atomic E-state index is 0.102. The van der Waals surface area contributed by atoms with Crippen LogP contribution in [0.3, 0.4) is 0 Å². The van der Waals surface area contributed by atoms with Gasteiger partial charge in [-0.25, -0.2) is 4.79 Å². The van der Waals surface area contributed by atoms with Gasteiger partial charge in [0.15, 0.2) is 0 Å². The summed E-state index contributed by atoms with van der Waals surface area (Å²) in [6, 6.07) is -0.203. The van der Waals surface area contributed by atoms with Crippen molar-refractivity contribution in [1.29, 1.82) is 0 Å². The number of carboxylic acid groups (broad SMARTS) is 1. The molecule has 0 bridgehead atoms. The van der Waals surface area contributed by atoms with Crippen molar-refractivity contribution in [2.45, 2.75) is 25.9 Å². The zero-order valence-electron chi connectivity index (χ0n) is 9.01. The van der Waals surface area contributed by atoms with E-state index in [1.54, 1.807) is 4.90 Å². The Bertz CT molecular complexity index is 278. The zero-order chi connectivity index (χ0) is 11.6. The average Bonchev–Trinajstić information content (AvgIpc) is 2.16. The highest BCUT2D eigenvalue weighted by atomic mass is 16.4. The molecule has 1 saturated heterocycles. The highest BCUT2D eigenvalue weighted by Crippen LogP contribution is 2.16.